The summed E-state index contributed by atoms with van der Waals surface area (Å²) in [4.78, 5) is 0. The van der Waals surface area contributed by atoms with Gasteiger partial charge in [0.05, 0.1) is 6.54 Å². The van der Waals surface area contributed by atoms with E-state index < -0.39 is 0 Å². The van der Waals surface area contributed by atoms with Crippen LogP contribution >= 0.6 is 0 Å². The van der Waals surface area contributed by atoms with Crippen molar-refractivity contribution >= 4 is 0 Å². The first-order chi connectivity index (χ1) is 3.43. The van der Waals surface area contributed by atoms with Gasteiger partial charge in [-0.2, -0.15) is 4.74 Å². The lowest BCUT2D eigenvalue weighted by atomic mass is 10.4. The molecule has 1 fully saturated rings. The van der Waals surface area contributed by atoms with Crippen molar-refractivity contribution in [3.05, 3.63) is 18.1 Å². The number of hydrogen-bond donors (Lipinski definition) is 0. The molecule has 0 aliphatic carbocycles. The summed E-state index contributed by atoms with van der Waals surface area (Å²) in [6, 6.07) is 0. The van der Waals surface area contributed by atoms with Crippen LogP contribution in [0.4, 0.5) is 0 Å². The van der Waals surface area contributed by atoms with Crippen LogP contribution in [0.15, 0.2) is 0 Å². The summed E-state index contributed by atoms with van der Waals surface area (Å²) >= 11 is 0. The van der Waals surface area contributed by atoms with Crippen molar-refractivity contribution in [2.75, 3.05) is 6.61 Å². The van der Waals surface area contributed by atoms with Crippen molar-refractivity contribution in [1.82, 2.24) is 0 Å². The molecular formula is C5H8NO+. The van der Waals surface area contributed by atoms with Gasteiger partial charge in [-0.3, -0.25) is 0 Å². The molecule has 0 aromatic heterocycles. The zero-order chi connectivity index (χ0) is 5.11. The number of hydrogen-bond acceptors (Lipinski definition) is 1. The second-order valence-electron chi connectivity index (χ2n) is 1.37. The van der Waals surface area contributed by atoms with Crippen LogP contribution in [-0.4, -0.2) is 6.61 Å². The van der Waals surface area contributed by atoms with Gasteiger partial charge in [0.1, 0.15) is 6.42 Å². The molecule has 1 aliphatic heterocycles. The highest BCUT2D eigenvalue weighted by Gasteiger charge is 2.21. The molecule has 0 unspecified atom stereocenters. The van der Waals surface area contributed by atoms with E-state index in [1.165, 1.54) is 0 Å². The van der Waals surface area contributed by atoms with Gasteiger partial charge >= 0.3 is 0 Å². The van der Waals surface area contributed by atoms with E-state index in [-0.39, 0.29) is 0 Å². The van der Waals surface area contributed by atoms with E-state index in [9.17, 15) is 0 Å². The molecule has 1 rings (SSSR count). The summed E-state index contributed by atoms with van der Waals surface area (Å²) in [5.41, 5.74) is 0. The monoisotopic (exact) mass is 98.1 g/mol. The average molecular weight is 98.1 g/mol. The predicted octanol–water partition coefficient (Wildman–Crippen LogP) is 1.45. The highest BCUT2D eigenvalue weighted by Crippen LogP contribution is 2.23. The molecule has 0 saturated carbocycles. The number of nitrogens with zero attached hydrogens (tertiary/aromatic N) is 1. The van der Waals surface area contributed by atoms with E-state index in [1.807, 2.05) is 6.92 Å². The Morgan fingerprint density at radius 3 is 3.14 bits per heavy atom. The van der Waals surface area contributed by atoms with Gasteiger partial charge in [0.25, 0.3) is 0 Å². The van der Waals surface area contributed by atoms with Crippen LogP contribution in [0.2, 0.25) is 0 Å². The van der Waals surface area contributed by atoms with Crippen LogP contribution < -0.4 is 0 Å². The molecule has 1 saturated heterocycles. The summed E-state index contributed by atoms with van der Waals surface area (Å²) < 4.78 is 5.00. The van der Waals surface area contributed by atoms with Crippen LogP contribution in [0.5, 0.6) is 0 Å². The fourth-order valence-electron chi connectivity index (χ4n) is 0.503. The third-order valence-corrected chi connectivity index (χ3v) is 0.862. The van der Waals surface area contributed by atoms with Crippen molar-refractivity contribution < 1.29 is 4.74 Å². The van der Waals surface area contributed by atoms with Crippen LogP contribution in [-0.2, 0) is 4.74 Å². The van der Waals surface area contributed by atoms with E-state index >= 15 is 0 Å². The lowest BCUT2D eigenvalue weighted by Gasteiger charge is -1.91. The van der Waals surface area contributed by atoms with Crippen LogP contribution in [0.25, 0.3) is 5.32 Å². The summed E-state index contributed by atoms with van der Waals surface area (Å²) in [6.07, 6.45) is 1.77. The topological polar surface area (TPSA) is 23.3 Å². The second kappa shape index (κ2) is 2.09. The summed E-state index contributed by atoms with van der Waals surface area (Å²) in [6.45, 7) is 4.47. The first-order valence-corrected chi connectivity index (χ1v) is 2.44. The fraction of sp³-hybridized carbons (Fsp3) is 0.600. The Morgan fingerprint density at radius 1 is 2.00 bits per heavy atom. The van der Waals surface area contributed by atoms with Crippen molar-refractivity contribution in [3.8, 4) is 0 Å². The largest absolute Gasteiger partial charge is 0.222 e. The Hall–Kier alpha value is -0.340. The molecule has 0 atom stereocenters. The smallest absolute Gasteiger partial charge is 0.215 e. The fourth-order valence-corrected chi connectivity index (χ4v) is 0.503. The Morgan fingerprint density at radius 2 is 2.86 bits per heavy atom. The Kier molecular flexibility index (Phi) is 1.44. The summed E-state index contributed by atoms with van der Waals surface area (Å²) in [7, 11) is 0. The van der Waals surface area contributed by atoms with Gasteiger partial charge in [-0.25, -0.2) is 5.32 Å². The van der Waals surface area contributed by atoms with Crippen LogP contribution in [0, 0.1) is 12.8 Å². The minimum Gasteiger partial charge on any atom is -0.215 e. The maximum Gasteiger partial charge on any atom is 0.222 e. The standard InChI is InChI=1S/C5H8NO/c1-2-5-6-3-4-7-5/h3H,2,4H2,1H3/q+1. The highest BCUT2D eigenvalue weighted by molar-refractivity contribution is 5.12. The maximum atomic E-state index is 5.00. The molecule has 0 spiro atoms. The molecule has 2 heteroatoms. The van der Waals surface area contributed by atoms with E-state index in [2.05, 4.69) is 5.32 Å². The van der Waals surface area contributed by atoms with Crippen molar-refractivity contribution in [3.63, 3.8) is 0 Å². The van der Waals surface area contributed by atoms with E-state index in [4.69, 9.17) is 4.74 Å². The van der Waals surface area contributed by atoms with E-state index in [1.54, 1.807) is 6.54 Å². The lowest BCUT2D eigenvalue weighted by molar-refractivity contribution is 0.208. The first kappa shape index (κ1) is 4.81. The molecular weight excluding hydrogens is 90.1 g/mol. The molecule has 1 aliphatic rings. The van der Waals surface area contributed by atoms with Crippen molar-refractivity contribution in [2.45, 2.75) is 13.3 Å². The van der Waals surface area contributed by atoms with Gasteiger partial charge in [-0.05, 0) is 6.92 Å². The van der Waals surface area contributed by atoms with Gasteiger partial charge in [0.2, 0.25) is 12.8 Å². The minimum absolute atomic E-state index is 0.670. The van der Waals surface area contributed by atoms with Crippen LogP contribution in [0.3, 0.4) is 0 Å². The molecule has 1 heterocycles. The molecule has 0 aromatic rings. The third-order valence-electron chi connectivity index (χ3n) is 0.862. The van der Waals surface area contributed by atoms with Crippen LogP contribution in [0.1, 0.15) is 13.3 Å². The third kappa shape index (κ3) is 1.01. The zero-order valence-electron chi connectivity index (χ0n) is 4.35. The normalized spacial score (nSPS) is 19.9. The number of ether oxygens (including phenoxy) is 1. The maximum absolute atomic E-state index is 5.00. The Balaban J connectivity index is 2.14. The Bertz CT molecular complexity index is 50.0. The minimum atomic E-state index is 0.670. The first-order valence-electron chi connectivity index (χ1n) is 2.44. The van der Waals surface area contributed by atoms with Crippen molar-refractivity contribution in [1.29, 1.82) is 0 Å². The lowest BCUT2D eigenvalue weighted by Crippen LogP contribution is -1.87. The molecule has 38 valence electrons. The SMILES string of the molecule is CC[C+]1[N-][CH+]CO1. The molecule has 0 N–H and O–H groups in total. The quantitative estimate of drug-likeness (QED) is 0.455. The van der Waals surface area contributed by atoms with Gasteiger partial charge < -0.3 is 0 Å². The second-order valence-corrected chi connectivity index (χ2v) is 1.37. The molecule has 0 bridgehead atoms. The Labute approximate surface area is 43.9 Å². The van der Waals surface area contributed by atoms with Gasteiger partial charge in [-0.15, -0.1) is 0 Å². The highest BCUT2D eigenvalue weighted by atomic mass is 16.5. The molecule has 0 aromatic carbocycles. The van der Waals surface area contributed by atoms with Crippen molar-refractivity contribution in [2.24, 2.45) is 0 Å². The summed E-state index contributed by atoms with van der Waals surface area (Å²) in [5, 5.41) is 3.92. The summed E-state index contributed by atoms with van der Waals surface area (Å²) in [5.74, 6) is 0. The molecule has 0 radical (unpaired) electrons. The zero-order valence-corrected chi connectivity index (χ0v) is 4.35. The predicted molar refractivity (Wildman–Crippen MR) is 27.1 cm³/mol. The van der Waals surface area contributed by atoms with Gasteiger partial charge in [-0.1, -0.05) is 0 Å². The van der Waals surface area contributed by atoms with E-state index in [0.717, 1.165) is 12.6 Å². The van der Waals surface area contributed by atoms with Gasteiger partial charge in [0.15, 0.2) is 0 Å². The molecule has 0 amide bonds. The van der Waals surface area contributed by atoms with Gasteiger partial charge in [0, 0.05) is 0 Å². The average Bonchev–Trinajstić information content (AvgIpc) is 2.14. The number of rotatable bonds is 1. The molecule has 2 nitrogen and oxygen atoms in total. The van der Waals surface area contributed by atoms with E-state index in [0.29, 0.717) is 6.61 Å². The molecule has 7 heavy (non-hydrogen) atoms.